The lowest BCUT2D eigenvalue weighted by molar-refractivity contribution is 0.0214. The summed E-state index contributed by atoms with van der Waals surface area (Å²) in [5.74, 6) is 0.371. The Bertz CT molecular complexity index is 1410. The molecule has 2 saturated heterocycles. The van der Waals surface area contributed by atoms with Crippen LogP contribution in [-0.4, -0.2) is 63.3 Å². The second kappa shape index (κ2) is 9.52. The molecular weight excluding hydrogens is 501 g/mol. The topological polar surface area (TPSA) is 117 Å². The fraction of sp³-hybridized carbons (Fsp3) is 0.400. The predicted octanol–water partition coefficient (Wildman–Crippen LogP) is 4.66. The zero-order valence-corrected chi connectivity index (χ0v) is 21.3. The van der Waals surface area contributed by atoms with Crippen LogP contribution in [0.5, 0.6) is 5.75 Å². The normalized spacial score (nSPS) is 18.7. The number of benzene rings is 1. The number of nitrogens with zero attached hydrogens (tertiary/aromatic N) is 6. The van der Waals surface area contributed by atoms with Gasteiger partial charge in [-0.1, -0.05) is 11.6 Å². The van der Waals surface area contributed by atoms with Crippen LogP contribution in [0.3, 0.4) is 0 Å². The first-order chi connectivity index (χ1) is 17.6. The van der Waals surface area contributed by atoms with E-state index in [1.165, 1.54) is 18.5 Å². The average Bonchev–Trinajstić information content (AvgIpc) is 3.47. The molecule has 192 valence electrons. The Hall–Kier alpha value is -3.91. The van der Waals surface area contributed by atoms with Crippen molar-refractivity contribution in [3.05, 3.63) is 41.4 Å². The van der Waals surface area contributed by atoms with E-state index in [0.29, 0.717) is 29.9 Å². The molecule has 0 unspecified atom stereocenters. The van der Waals surface area contributed by atoms with Gasteiger partial charge in [0.2, 0.25) is 0 Å². The fourth-order valence-electron chi connectivity index (χ4n) is 4.65. The highest BCUT2D eigenvalue weighted by Crippen LogP contribution is 2.37. The van der Waals surface area contributed by atoms with Crippen molar-refractivity contribution in [1.29, 1.82) is 5.26 Å². The summed E-state index contributed by atoms with van der Waals surface area (Å²) < 4.78 is 25.6. The van der Waals surface area contributed by atoms with Gasteiger partial charge in [-0.05, 0) is 51.5 Å². The zero-order chi connectivity index (χ0) is 26.3. The number of carbonyl (C=O) groups is 1. The molecule has 4 heterocycles. The summed E-state index contributed by atoms with van der Waals surface area (Å²) in [7, 11) is 0. The molecule has 2 aromatic heterocycles. The lowest BCUT2D eigenvalue weighted by Gasteiger charge is -2.35. The number of amides is 1. The Balaban J connectivity index is 1.37. The number of halogens is 2. The largest absolute Gasteiger partial charge is 0.477 e. The van der Waals surface area contributed by atoms with Gasteiger partial charge < -0.3 is 24.6 Å². The number of piperazine rings is 1. The highest BCUT2D eigenvalue weighted by molar-refractivity contribution is 6.32. The van der Waals surface area contributed by atoms with E-state index in [4.69, 9.17) is 31.3 Å². The third kappa shape index (κ3) is 4.89. The van der Waals surface area contributed by atoms with E-state index < -0.39 is 11.4 Å². The van der Waals surface area contributed by atoms with Crippen LogP contribution in [0, 0.1) is 17.1 Å². The van der Waals surface area contributed by atoms with Crippen molar-refractivity contribution < 1.29 is 18.7 Å². The second-order valence-corrected chi connectivity index (χ2v) is 10.3. The average molecular weight is 526 g/mol. The number of fused-ring (bicyclic) bond motifs is 3. The van der Waals surface area contributed by atoms with Gasteiger partial charge >= 0.3 is 6.09 Å². The van der Waals surface area contributed by atoms with E-state index in [2.05, 4.69) is 20.2 Å². The van der Waals surface area contributed by atoms with Crippen LogP contribution in [0.4, 0.5) is 26.5 Å². The molecule has 2 aliphatic rings. The number of pyridine rings is 1. The SMILES string of the molecule is CC(C)(C)OC(=O)N1C[C@@H]2C[C@H]1CN2c1ccc2ncnc(Nc3ccc(OCC#N)c(Cl)c3F)c2n1. The quantitative estimate of drug-likeness (QED) is 0.507. The summed E-state index contributed by atoms with van der Waals surface area (Å²) in [6.45, 7) is 6.51. The van der Waals surface area contributed by atoms with Gasteiger partial charge in [0, 0.05) is 13.1 Å². The van der Waals surface area contributed by atoms with Crippen molar-refractivity contribution in [2.45, 2.75) is 44.9 Å². The van der Waals surface area contributed by atoms with Crippen LogP contribution in [0.15, 0.2) is 30.6 Å². The molecule has 3 aromatic rings. The van der Waals surface area contributed by atoms with E-state index in [0.717, 1.165) is 12.2 Å². The van der Waals surface area contributed by atoms with Gasteiger partial charge in [0.1, 0.15) is 40.1 Å². The molecule has 1 aromatic carbocycles. The minimum absolute atomic E-state index is 0.0416. The smallest absolute Gasteiger partial charge is 0.410 e. The maximum atomic E-state index is 14.9. The first kappa shape index (κ1) is 24.8. The monoisotopic (exact) mass is 525 g/mol. The van der Waals surface area contributed by atoms with Crippen molar-refractivity contribution in [3.8, 4) is 11.8 Å². The van der Waals surface area contributed by atoms with Crippen LogP contribution >= 0.6 is 11.6 Å². The van der Waals surface area contributed by atoms with Gasteiger partial charge in [0.25, 0.3) is 0 Å². The molecule has 5 rings (SSSR count). The van der Waals surface area contributed by atoms with E-state index in [1.54, 1.807) is 4.90 Å². The van der Waals surface area contributed by atoms with E-state index in [9.17, 15) is 9.18 Å². The molecular formula is C25H25ClFN7O3. The number of rotatable bonds is 5. The van der Waals surface area contributed by atoms with Gasteiger partial charge in [-0.3, -0.25) is 0 Å². The van der Waals surface area contributed by atoms with Crippen LogP contribution in [0.25, 0.3) is 11.0 Å². The van der Waals surface area contributed by atoms with E-state index >= 15 is 0 Å². The maximum Gasteiger partial charge on any atom is 0.410 e. The Labute approximate surface area is 218 Å². The summed E-state index contributed by atoms with van der Waals surface area (Å²) >= 11 is 6.09. The highest BCUT2D eigenvalue weighted by Gasteiger charge is 2.47. The van der Waals surface area contributed by atoms with Crippen LogP contribution in [0.2, 0.25) is 5.02 Å². The zero-order valence-electron chi connectivity index (χ0n) is 20.5. The van der Waals surface area contributed by atoms with Gasteiger partial charge in [-0.2, -0.15) is 5.26 Å². The summed E-state index contributed by atoms with van der Waals surface area (Å²) in [4.78, 5) is 29.9. The van der Waals surface area contributed by atoms with Crippen molar-refractivity contribution in [3.63, 3.8) is 0 Å². The summed E-state index contributed by atoms with van der Waals surface area (Å²) in [6, 6.07) is 8.63. The molecule has 1 N–H and O–H groups in total. The number of likely N-dealkylation sites (tertiary alicyclic amines) is 1. The number of hydrogen-bond donors (Lipinski definition) is 1. The Morgan fingerprint density at radius 1 is 1.24 bits per heavy atom. The second-order valence-electron chi connectivity index (χ2n) is 9.90. The predicted molar refractivity (Wildman–Crippen MR) is 136 cm³/mol. The molecule has 0 radical (unpaired) electrons. The lowest BCUT2D eigenvalue weighted by atomic mass is 10.2. The summed E-state index contributed by atoms with van der Waals surface area (Å²) in [5, 5.41) is 11.4. The first-order valence-electron chi connectivity index (χ1n) is 11.8. The first-order valence-corrected chi connectivity index (χ1v) is 12.1. The summed E-state index contributed by atoms with van der Waals surface area (Å²) in [6.07, 6.45) is 1.90. The van der Waals surface area contributed by atoms with Crippen LogP contribution < -0.4 is 15.0 Å². The maximum absolute atomic E-state index is 14.9. The molecule has 37 heavy (non-hydrogen) atoms. The van der Waals surface area contributed by atoms with E-state index in [1.807, 2.05) is 39.0 Å². The van der Waals surface area contributed by atoms with Gasteiger partial charge in [-0.25, -0.2) is 24.1 Å². The number of aromatic nitrogens is 3. The molecule has 0 saturated carbocycles. The molecule has 12 heteroatoms. The fourth-order valence-corrected chi connectivity index (χ4v) is 4.87. The molecule has 0 spiro atoms. The highest BCUT2D eigenvalue weighted by atomic mass is 35.5. The summed E-state index contributed by atoms with van der Waals surface area (Å²) in [5.41, 5.74) is 0.582. The molecule has 1 amide bonds. The third-order valence-corrected chi connectivity index (χ3v) is 6.57. The molecule has 0 aliphatic carbocycles. The van der Waals surface area contributed by atoms with Gasteiger partial charge in [0.15, 0.2) is 18.2 Å². The number of hydrogen-bond acceptors (Lipinski definition) is 9. The number of ether oxygens (including phenoxy) is 2. The Morgan fingerprint density at radius 3 is 2.76 bits per heavy atom. The van der Waals surface area contributed by atoms with Gasteiger partial charge in [0.05, 0.1) is 23.3 Å². The van der Waals surface area contributed by atoms with Crippen molar-refractivity contribution in [2.75, 3.05) is 29.9 Å². The molecule has 2 fully saturated rings. The van der Waals surface area contributed by atoms with Crippen LogP contribution in [-0.2, 0) is 4.74 Å². The standard InChI is InChI=1S/C25H25ClFN7O3/c1-25(2,3)37-24(35)34-12-14-10-15(34)11-33(14)19-7-5-17-22(32-19)23(30-13-29-17)31-16-4-6-18(36-9-8-28)20(26)21(16)27/h4-7,13-15H,9-12H2,1-3H3,(H,29,30,31)/t14-,15-/m0/s1. The van der Waals surface area contributed by atoms with Crippen LogP contribution in [0.1, 0.15) is 27.2 Å². The van der Waals surface area contributed by atoms with Crippen molar-refractivity contribution in [1.82, 2.24) is 19.9 Å². The number of nitriles is 1. The third-order valence-electron chi connectivity index (χ3n) is 6.22. The molecule has 2 bridgehead atoms. The minimum atomic E-state index is -0.737. The van der Waals surface area contributed by atoms with Crippen molar-refractivity contribution in [2.24, 2.45) is 0 Å². The minimum Gasteiger partial charge on any atom is -0.477 e. The lowest BCUT2D eigenvalue weighted by Crippen LogP contribution is -2.50. The Morgan fingerprint density at radius 2 is 2.05 bits per heavy atom. The number of carbonyl (C=O) groups excluding carboxylic acids is 1. The molecule has 2 aliphatic heterocycles. The number of anilines is 3. The Kier molecular flexibility index (Phi) is 6.37. The van der Waals surface area contributed by atoms with E-state index in [-0.39, 0.29) is 41.2 Å². The number of nitrogens with one attached hydrogen (secondary N) is 1. The molecule has 10 nitrogen and oxygen atoms in total. The molecule has 2 atom stereocenters. The van der Waals surface area contributed by atoms with Gasteiger partial charge in [-0.15, -0.1) is 0 Å². The van der Waals surface area contributed by atoms with Crippen molar-refractivity contribution >= 4 is 46.1 Å².